The van der Waals surface area contributed by atoms with Crippen LogP contribution in [0.25, 0.3) is 0 Å². The summed E-state index contributed by atoms with van der Waals surface area (Å²) >= 11 is 0. The van der Waals surface area contributed by atoms with Crippen LogP contribution in [0.3, 0.4) is 0 Å². The van der Waals surface area contributed by atoms with Crippen LogP contribution in [0, 0.1) is 5.92 Å². The maximum Gasteiger partial charge on any atom is 0.224 e. The molecular weight excluding hydrogens is 348 g/mol. The van der Waals surface area contributed by atoms with Crippen LogP contribution >= 0.6 is 0 Å². The quantitative estimate of drug-likeness (QED) is 0.861. The third-order valence-electron chi connectivity index (χ3n) is 5.99. The molecule has 2 aromatic rings. The lowest BCUT2D eigenvalue weighted by Gasteiger charge is -2.39. The molecule has 148 valence electrons. The molecule has 2 aliphatic rings. The normalized spacial score (nSPS) is 21.5. The zero-order chi connectivity index (χ0) is 19.2. The minimum Gasteiger partial charge on any atom is -0.381 e. The first-order valence-electron chi connectivity index (χ1n) is 10.5. The molecule has 2 aromatic carbocycles. The van der Waals surface area contributed by atoms with Gasteiger partial charge in [-0.05, 0) is 43.4 Å². The molecule has 2 heterocycles. The van der Waals surface area contributed by atoms with Crippen LogP contribution in [0.5, 0.6) is 0 Å². The minimum atomic E-state index is 0.0616. The van der Waals surface area contributed by atoms with Crippen molar-refractivity contribution in [3.05, 3.63) is 71.8 Å². The van der Waals surface area contributed by atoms with E-state index in [4.69, 9.17) is 4.74 Å². The second kappa shape index (κ2) is 9.35. The minimum absolute atomic E-state index is 0.0616. The van der Waals surface area contributed by atoms with Crippen molar-refractivity contribution >= 4 is 5.91 Å². The Morgan fingerprint density at radius 1 is 0.929 bits per heavy atom. The molecule has 1 amide bonds. The first kappa shape index (κ1) is 19.2. The molecule has 0 saturated carbocycles. The van der Waals surface area contributed by atoms with Gasteiger partial charge in [-0.3, -0.25) is 9.69 Å². The van der Waals surface area contributed by atoms with Crippen LogP contribution in [-0.2, 0) is 9.53 Å². The molecule has 0 spiro atoms. The molecule has 2 aliphatic heterocycles. The van der Waals surface area contributed by atoms with E-state index in [0.717, 1.165) is 52.0 Å². The lowest BCUT2D eigenvalue weighted by molar-refractivity contribution is -0.128. The van der Waals surface area contributed by atoms with Gasteiger partial charge in [0.05, 0.1) is 12.0 Å². The molecule has 1 N–H and O–H groups in total. The summed E-state index contributed by atoms with van der Waals surface area (Å²) in [6.07, 6.45) is 3.89. The number of piperidine rings is 1. The van der Waals surface area contributed by atoms with Gasteiger partial charge in [-0.2, -0.15) is 0 Å². The van der Waals surface area contributed by atoms with Crippen LogP contribution in [0.15, 0.2) is 60.7 Å². The number of hydrogen-bond donors (Lipinski definition) is 1. The van der Waals surface area contributed by atoms with Crippen molar-refractivity contribution in [2.24, 2.45) is 5.92 Å². The number of hydrogen-bond acceptors (Lipinski definition) is 3. The Labute approximate surface area is 167 Å². The first-order chi connectivity index (χ1) is 13.8. The van der Waals surface area contributed by atoms with E-state index in [1.54, 1.807) is 0 Å². The van der Waals surface area contributed by atoms with Gasteiger partial charge in [0.1, 0.15) is 0 Å². The first-order valence-corrected chi connectivity index (χ1v) is 10.5. The average molecular weight is 379 g/mol. The van der Waals surface area contributed by atoms with Crippen molar-refractivity contribution in [1.82, 2.24) is 10.2 Å². The number of carbonyl (C=O) groups excluding carboxylic acids is 1. The molecule has 4 rings (SSSR count). The van der Waals surface area contributed by atoms with E-state index in [1.165, 1.54) is 11.1 Å². The summed E-state index contributed by atoms with van der Waals surface area (Å²) in [5.41, 5.74) is 2.58. The maximum atomic E-state index is 12.9. The third kappa shape index (κ3) is 4.62. The molecule has 0 aliphatic carbocycles. The Hall–Kier alpha value is -2.17. The molecule has 4 heteroatoms. The molecule has 1 atom stereocenters. The fraction of sp³-hybridized carbons (Fsp3) is 0.458. The van der Waals surface area contributed by atoms with Gasteiger partial charge in [-0.1, -0.05) is 60.7 Å². The summed E-state index contributed by atoms with van der Waals surface area (Å²) in [5, 5.41) is 3.28. The highest BCUT2D eigenvalue weighted by molar-refractivity contribution is 5.79. The van der Waals surface area contributed by atoms with Gasteiger partial charge in [-0.25, -0.2) is 0 Å². The van der Waals surface area contributed by atoms with E-state index in [9.17, 15) is 4.79 Å². The molecule has 0 bridgehead atoms. The van der Waals surface area contributed by atoms with Gasteiger partial charge in [-0.15, -0.1) is 0 Å². The van der Waals surface area contributed by atoms with Crippen molar-refractivity contribution in [2.75, 3.05) is 26.3 Å². The number of carbonyl (C=O) groups is 1. The zero-order valence-corrected chi connectivity index (χ0v) is 16.4. The highest BCUT2D eigenvalue weighted by atomic mass is 16.5. The van der Waals surface area contributed by atoms with Crippen molar-refractivity contribution in [2.45, 2.75) is 37.8 Å². The summed E-state index contributed by atoms with van der Waals surface area (Å²) in [6, 6.07) is 21.8. The summed E-state index contributed by atoms with van der Waals surface area (Å²) in [5.74, 6) is 0.281. The molecule has 2 saturated heterocycles. The second-order valence-corrected chi connectivity index (χ2v) is 7.95. The lowest BCUT2D eigenvalue weighted by atomic mass is 9.90. The number of nitrogens with one attached hydrogen (secondary N) is 1. The molecule has 4 nitrogen and oxygen atoms in total. The third-order valence-corrected chi connectivity index (χ3v) is 5.99. The van der Waals surface area contributed by atoms with Gasteiger partial charge < -0.3 is 10.1 Å². The Balaban J connectivity index is 1.50. The summed E-state index contributed by atoms with van der Waals surface area (Å²) < 4.78 is 5.41. The highest BCUT2D eigenvalue weighted by Gasteiger charge is 2.32. The van der Waals surface area contributed by atoms with Crippen LogP contribution in [0.2, 0.25) is 0 Å². The maximum absolute atomic E-state index is 12.9. The molecular formula is C24H30N2O2. The van der Waals surface area contributed by atoms with Crippen LogP contribution in [-0.4, -0.2) is 43.2 Å². The van der Waals surface area contributed by atoms with E-state index in [-0.39, 0.29) is 23.9 Å². The largest absolute Gasteiger partial charge is 0.381 e. The molecule has 0 radical (unpaired) electrons. The van der Waals surface area contributed by atoms with Crippen LogP contribution < -0.4 is 5.32 Å². The van der Waals surface area contributed by atoms with Crippen molar-refractivity contribution in [3.63, 3.8) is 0 Å². The molecule has 2 fully saturated rings. The van der Waals surface area contributed by atoms with Crippen LogP contribution in [0.1, 0.15) is 42.9 Å². The van der Waals surface area contributed by atoms with Gasteiger partial charge in [0, 0.05) is 25.8 Å². The van der Waals surface area contributed by atoms with Gasteiger partial charge >= 0.3 is 0 Å². The Kier molecular flexibility index (Phi) is 6.40. The van der Waals surface area contributed by atoms with E-state index in [1.807, 2.05) is 0 Å². The number of rotatable bonds is 5. The summed E-state index contributed by atoms with van der Waals surface area (Å²) in [6.45, 7) is 3.34. The summed E-state index contributed by atoms with van der Waals surface area (Å²) in [4.78, 5) is 15.4. The molecule has 28 heavy (non-hydrogen) atoms. The monoisotopic (exact) mass is 378 g/mol. The number of amides is 1. The number of ether oxygens (including phenoxy) is 1. The zero-order valence-electron chi connectivity index (χ0n) is 16.4. The Morgan fingerprint density at radius 2 is 1.54 bits per heavy atom. The Bertz CT molecular complexity index is 704. The van der Waals surface area contributed by atoms with E-state index >= 15 is 0 Å². The fourth-order valence-electron chi connectivity index (χ4n) is 4.50. The van der Waals surface area contributed by atoms with E-state index in [2.05, 4.69) is 70.9 Å². The molecule has 0 aromatic heterocycles. The van der Waals surface area contributed by atoms with E-state index < -0.39 is 0 Å². The van der Waals surface area contributed by atoms with Gasteiger partial charge in [0.15, 0.2) is 0 Å². The fourth-order valence-corrected chi connectivity index (χ4v) is 4.50. The van der Waals surface area contributed by atoms with Crippen molar-refractivity contribution < 1.29 is 9.53 Å². The topological polar surface area (TPSA) is 41.6 Å². The highest BCUT2D eigenvalue weighted by Crippen LogP contribution is 2.32. The van der Waals surface area contributed by atoms with Crippen molar-refractivity contribution in [1.29, 1.82) is 0 Å². The molecule has 1 unspecified atom stereocenters. The predicted molar refractivity (Wildman–Crippen MR) is 111 cm³/mol. The van der Waals surface area contributed by atoms with Crippen molar-refractivity contribution in [3.8, 4) is 0 Å². The Morgan fingerprint density at radius 3 is 2.14 bits per heavy atom. The number of likely N-dealkylation sites (tertiary alicyclic amines) is 1. The standard InChI is InChI=1S/C24H30N2O2/c27-24(25-22-13-16-28-17-14-22)21-12-7-15-26(18-21)23(19-8-3-1-4-9-19)20-10-5-2-6-11-20/h1-6,8-11,21-23H,7,12-18H2,(H,25,27). The van der Waals surface area contributed by atoms with Gasteiger partial charge in [0.2, 0.25) is 5.91 Å². The van der Waals surface area contributed by atoms with E-state index in [0.29, 0.717) is 0 Å². The van der Waals surface area contributed by atoms with Crippen LogP contribution in [0.4, 0.5) is 0 Å². The SMILES string of the molecule is O=C(NC1CCOCC1)C1CCCN(C(c2ccccc2)c2ccccc2)C1. The number of benzene rings is 2. The number of nitrogens with zero attached hydrogens (tertiary/aromatic N) is 1. The van der Waals surface area contributed by atoms with Gasteiger partial charge in [0.25, 0.3) is 0 Å². The summed E-state index contributed by atoms with van der Waals surface area (Å²) in [7, 11) is 0. The lowest BCUT2D eigenvalue weighted by Crippen LogP contribution is -2.48. The smallest absolute Gasteiger partial charge is 0.224 e. The second-order valence-electron chi connectivity index (χ2n) is 7.95. The predicted octanol–water partition coefficient (Wildman–Crippen LogP) is 3.78. The average Bonchev–Trinajstić information content (AvgIpc) is 2.76.